The molecular weight excluding hydrogens is 438 g/mol. The van der Waals surface area contributed by atoms with E-state index in [0.29, 0.717) is 0 Å². The number of sulfone groups is 1. The van der Waals surface area contributed by atoms with Gasteiger partial charge in [0.1, 0.15) is 9.84 Å². The van der Waals surface area contributed by atoms with E-state index >= 15 is 0 Å². The van der Waals surface area contributed by atoms with E-state index in [0.717, 1.165) is 19.1 Å². The van der Waals surface area contributed by atoms with Crippen molar-refractivity contribution in [2.24, 2.45) is 0 Å². The summed E-state index contributed by atoms with van der Waals surface area (Å²) in [6.45, 7) is 1.84. The number of hydrogen-bond acceptors (Lipinski definition) is 3. The zero-order valence-corrected chi connectivity index (χ0v) is 14.9. The van der Waals surface area contributed by atoms with Crippen LogP contribution in [-0.4, -0.2) is 26.5 Å². The molecule has 0 spiro atoms. The van der Waals surface area contributed by atoms with Crippen LogP contribution < -0.4 is 5.32 Å². The molecule has 0 aliphatic carbocycles. The molecule has 0 fully saturated rings. The molecule has 0 aliphatic rings. The molecule has 96 valence electrons. The van der Waals surface area contributed by atoms with E-state index in [9.17, 15) is 8.42 Å². The third-order valence-corrected chi connectivity index (χ3v) is 4.76. The molecule has 3 nitrogen and oxygen atoms in total. The van der Waals surface area contributed by atoms with Gasteiger partial charge < -0.3 is 5.32 Å². The molecule has 0 amide bonds. The largest absolute Gasteiger partial charge is 0.380 e. The fourth-order valence-electron chi connectivity index (χ4n) is 1.42. The topological polar surface area (TPSA) is 46.2 Å². The highest BCUT2D eigenvalue weighted by atomic mass is 79.9. The van der Waals surface area contributed by atoms with E-state index < -0.39 is 9.84 Å². The molecular formula is C10H12Br3NO2S. The molecule has 0 saturated carbocycles. The first-order valence-corrected chi connectivity index (χ1v) is 9.22. The Morgan fingerprint density at radius 1 is 1.24 bits per heavy atom. The molecule has 7 heteroatoms. The average molecular weight is 450 g/mol. The lowest BCUT2D eigenvalue weighted by Gasteiger charge is -2.17. The van der Waals surface area contributed by atoms with Crippen LogP contribution >= 0.6 is 47.8 Å². The second-order valence-corrected chi connectivity index (χ2v) is 8.69. The second-order valence-electron chi connectivity index (χ2n) is 3.88. The van der Waals surface area contributed by atoms with Crippen molar-refractivity contribution in [3.8, 4) is 0 Å². The van der Waals surface area contributed by atoms with Gasteiger partial charge in [-0.15, -0.1) is 0 Å². The van der Waals surface area contributed by atoms with E-state index in [4.69, 9.17) is 0 Å². The Kier molecular flexibility index (Phi) is 5.49. The van der Waals surface area contributed by atoms with E-state index in [1.54, 1.807) is 0 Å². The summed E-state index contributed by atoms with van der Waals surface area (Å²) < 4.78 is 25.1. The second kappa shape index (κ2) is 6.04. The highest BCUT2D eigenvalue weighted by Crippen LogP contribution is 2.34. The van der Waals surface area contributed by atoms with Crippen molar-refractivity contribution in [2.45, 2.75) is 13.0 Å². The highest BCUT2D eigenvalue weighted by Gasteiger charge is 2.13. The normalized spacial score (nSPS) is 13.5. The van der Waals surface area contributed by atoms with Crippen molar-refractivity contribution in [1.29, 1.82) is 0 Å². The van der Waals surface area contributed by atoms with Gasteiger partial charge in [0.25, 0.3) is 0 Å². The van der Waals surface area contributed by atoms with Crippen molar-refractivity contribution in [1.82, 2.24) is 0 Å². The van der Waals surface area contributed by atoms with Crippen molar-refractivity contribution in [3.63, 3.8) is 0 Å². The van der Waals surface area contributed by atoms with Gasteiger partial charge in [-0.25, -0.2) is 8.42 Å². The Bertz CT molecular complexity index is 493. The molecule has 1 atom stereocenters. The van der Waals surface area contributed by atoms with E-state index in [1.165, 1.54) is 6.26 Å². The van der Waals surface area contributed by atoms with Crippen LogP contribution in [0.4, 0.5) is 5.69 Å². The van der Waals surface area contributed by atoms with Crippen molar-refractivity contribution in [2.75, 3.05) is 17.3 Å². The number of nitrogens with one attached hydrogen (secondary N) is 1. The summed E-state index contributed by atoms with van der Waals surface area (Å²) in [6, 6.07) is 3.65. The molecule has 0 radical (unpaired) electrons. The summed E-state index contributed by atoms with van der Waals surface area (Å²) in [5.41, 5.74) is 0.851. The van der Waals surface area contributed by atoms with Gasteiger partial charge in [-0.05, 0) is 50.9 Å². The summed E-state index contributed by atoms with van der Waals surface area (Å²) in [6.07, 6.45) is 1.23. The molecule has 17 heavy (non-hydrogen) atoms. The molecule has 0 bridgehead atoms. The maximum absolute atomic E-state index is 11.2. The number of benzene rings is 1. The molecule has 1 rings (SSSR count). The van der Waals surface area contributed by atoms with Crippen LogP contribution in [0.5, 0.6) is 0 Å². The van der Waals surface area contributed by atoms with Crippen LogP contribution in [0.25, 0.3) is 0 Å². The highest BCUT2D eigenvalue weighted by molar-refractivity contribution is 9.11. The summed E-state index contributed by atoms with van der Waals surface area (Å²) in [5.74, 6) is 0.0992. The van der Waals surface area contributed by atoms with Gasteiger partial charge in [-0.3, -0.25) is 0 Å². The maximum Gasteiger partial charge on any atom is 0.149 e. The Morgan fingerprint density at radius 3 is 2.12 bits per heavy atom. The average Bonchev–Trinajstić information content (AvgIpc) is 2.08. The zero-order valence-electron chi connectivity index (χ0n) is 9.30. The Labute approximate surface area is 127 Å². The molecule has 0 aliphatic heterocycles. The number of anilines is 1. The zero-order chi connectivity index (χ0) is 13.2. The van der Waals surface area contributed by atoms with Gasteiger partial charge >= 0.3 is 0 Å². The minimum absolute atomic E-state index is 0.0992. The summed E-state index contributed by atoms with van der Waals surface area (Å²) in [7, 11) is -2.98. The van der Waals surface area contributed by atoms with Crippen LogP contribution in [0.15, 0.2) is 25.6 Å². The fraction of sp³-hybridized carbons (Fsp3) is 0.400. The minimum Gasteiger partial charge on any atom is -0.380 e. The molecule has 1 unspecified atom stereocenters. The smallest absolute Gasteiger partial charge is 0.149 e. The van der Waals surface area contributed by atoms with E-state index in [2.05, 4.69) is 53.1 Å². The summed E-state index contributed by atoms with van der Waals surface area (Å²) in [5, 5.41) is 3.17. The molecule has 0 saturated heterocycles. The van der Waals surface area contributed by atoms with Crippen LogP contribution in [0.3, 0.4) is 0 Å². The maximum atomic E-state index is 11.2. The quantitative estimate of drug-likeness (QED) is 0.760. The minimum atomic E-state index is -2.98. The summed E-state index contributed by atoms with van der Waals surface area (Å²) in [4.78, 5) is 0. The van der Waals surface area contributed by atoms with Gasteiger partial charge in [0.15, 0.2) is 0 Å². The Balaban J connectivity index is 2.89. The first-order valence-electron chi connectivity index (χ1n) is 4.78. The van der Waals surface area contributed by atoms with Gasteiger partial charge in [0.2, 0.25) is 0 Å². The lowest BCUT2D eigenvalue weighted by molar-refractivity contribution is 0.598. The summed E-state index contributed by atoms with van der Waals surface area (Å²) >= 11 is 10.2. The van der Waals surface area contributed by atoms with Crippen molar-refractivity contribution < 1.29 is 8.42 Å². The fourth-order valence-corrected chi connectivity index (χ4v) is 4.90. The predicted octanol–water partition coefficient (Wildman–Crippen LogP) is 3.82. The monoisotopic (exact) mass is 447 g/mol. The first-order chi connectivity index (χ1) is 7.69. The lowest BCUT2D eigenvalue weighted by atomic mass is 10.3. The Morgan fingerprint density at radius 2 is 1.71 bits per heavy atom. The first kappa shape index (κ1) is 15.5. The molecule has 1 aromatic rings. The van der Waals surface area contributed by atoms with Gasteiger partial charge in [-0.1, -0.05) is 15.9 Å². The molecule has 1 aromatic carbocycles. The van der Waals surface area contributed by atoms with Crippen molar-refractivity contribution >= 4 is 63.3 Å². The molecule has 1 N–H and O–H groups in total. The standard InChI is InChI=1S/C10H12Br3NO2S/c1-6(5-17(2,15)16)14-10-8(12)3-7(11)4-9(10)13/h3-4,6,14H,5H2,1-2H3. The Hall–Kier alpha value is 0.410. The van der Waals surface area contributed by atoms with Crippen LogP contribution in [0, 0.1) is 0 Å². The van der Waals surface area contributed by atoms with Crippen molar-refractivity contribution in [3.05, 3.63) is 25.6 Å². The SMILES string of the molecule is CC(CS(C)(=O)=O)Nc1c(Br)cc(Br)cc1Br. The van der Waals surface area contributed by atoms with Gasteiger partial charge in [0, 0.05) is 25.7 Å². The van der Waals surface area contributed by atoms with E-state index in [-0.39, 0.29) is 11.8 Å². The van der Waals surface area contributed by atoms with E-state index in [1.807, 2.05) is 19.1 Å². The number of halogens is 3. The van der Waals surface area contributed by atoms with Gasteiger partial charge in [-0.2, -0.15) is 0 Å². The van der Waals surface area contributed by atoms with Crippen LogP contribution in [-0.2, 0) is 9.84 Å². The third kappa shape index (κ3) is 5.28. The number of hydrogen-bond donors (Lipinski definition) is 1. The molecule has 0 heterocycles. The lowest BCUT2D eigenvalue weighted by Crippen LogP contribution is -2.25. The third-order valence-electron chi connectivity index (χ3n) is 1.95. The van der Waals surface area contributed by atoms with Crippen LogP contribution in [0.2, 0.25) is 0 Å². The number of rotatable bonds is 4. The molecule has 0 aromatic heterocycles. The van der Waals surface area contributed by atoms with Gasteiger partial charge in [0.05, 0.1) is 11.4 Å². The van der Waals surface area contributed by atoms with Crippen LogP contribution in [0.1, 0.15) is 6.92 Å². The predicted molar refractivity (Wildman–Crippen MR) is 82.3 cm³/mol.